The van der Waals surface area contributed by atoms with Crippen molar-refractivity contribution in [2.24, 2.45) is 5.92 Å². The lowest BCUT2D eigenvalue weighted by molar-refractivity contribution is -0.119. The van der Waals surface area contributed by atoms with E-state index in [0.717, 1.165) is 42.5 Å². The summed E-state index contributed by atoms with van der Waals surface area (Å²) < 4.78 is 0. The Morgan fingerprint density at radius 1 is 1.38 bits per heavy atom. The van der Waals surface area contributed by atoms with Crippen LogP contribution in [0.4, 0.5) is 0 Å². The van der Waals surface area contributed by atoms with Gasteiger partial charge in [-0.05, 0) is 50.7 Å². The minimum absolute atomic E-state index is 0.0930. The van der Waals surface area contributed by atoms with E-state index in [0.29, 0.717) is 11.7 Å². The summed E-state index contributed by atoms with van der Waals surface area (Å²) in [4.78, 5) is 20.1. The molecular formula is C18H25N3O2S. The normalized spacial score (nSPS) is 22.4. The van der Waals surface area contributed by atoms with Crippen molar-refractivity contribution >= 4 is 28.7 Å². The predicted octanol–water partition coefficient (Wildman–Crippen LogP) is 3.02. The van der Waals surface area contributed by atoms with E-state index in [1.165, 1.54) is 0 Å². The fraction of sp³-hybridized carbons (Fsp3) is 0.556. The summed E-state index contributed by atoms with van der Waals surface area (Å²) in [6.45, 7) is 2.34. The van der Waals surface area contributed by atoms with Gasteiger partial charge in [-0.25, -0.2) is 4.98 Å². The number of hydrogen-bond acceptors (Lipinski definition) is 4. The maximum absolute atomic E-state index is 12.2. The van der Waals surface area contributed by atoms with Crippen LogP contribution in [0, 0.1) is 5.92 Å². The number of thioether (sulfide) groups is 1. The van der Waals surface area contributed by atoms with Gasteiger partial charge in [0, 0.05) is 12.6 Å². The summed E-state index contributed by atoms with van der Waals surface area (Å²) in [7, 11) is 0. The maximum Gasteiger partial charge on any atom is 0.230 e. The molecule has 0 radical (unpaired) electrons. The number of nitrogens with one attached hydrogen (secondary N) is 2. The van der Waals surface area contributed by atoms with Crippen molar-refractivity contribution in [1.29, 1.82) is 0 Å². The van der Waals surface area contributed by atoms with Crippen molar-refractivity contribution < 1.29 is 9.90 Å². The SMILES string of the molecule is CC(SCC(=O)NC1CCC(CO)CC1)c1nc2ccccc2[nH]1. The van der Waals surface area contributed by atoms with Crippen molar-refractivity contribution in [2.45, 2.75) is 43.9 Å². The molecule has 0 spiro atoms. The molecule has 1 aromatic carbocycles. The highest BCUT2D eigenvalue weighted by Gasteiger charge is 2.22. The fourth-order valence-corrected chi connectivity index (χ4v) is 3.96. The monoisotopic (exact) mass is 347 g/mol. The van der Waals surface area contributed by atoms with Crippen LogP contribution in [0.5, 0.6) is 0 Å². The standard InChI is InChI=1S/C18H25N3O2S/c1-12(18-20-15-4-2-3-5-16(15)21-18)24-11-17(23)19-14-8-6-13(10-22)7-9-14/h2-5,12-14,22H,6-11H2,1H3,(H,19,23)(H,20,21). The number of aromatic amines is 1. The van der Waals surface area contributed by atoms with Crippen molar-refractivity contribution in [2.75, 3.05) is 12.4 Å². The maximum atomic E-state index is 12.2. The topological polar surface area (TPSA) is 78.0 Å². The van der Waals surface area contributed by atoms with E-state index < -0.39 is 0 Å². The molecule has 1 amide bonds. The number of aliphatic hydroxyl groups excluding tert-OH is 1. The summed E-state index contributed by atoms with van der Waals surface area (Å²) in [6.07, 6.45) is 3.95. The van der Waals surface area contributed by atoms with Crippen LogP contribution in [-0.2, 0) is 4.79 Å². The molecule has 2 aromatic rings. The molecule has 0 bridgehead atoms. The number of imidazole rings is 1. The first-order valence-corrected chi connectivity index (χ1v) is 9.67. The predicted molar refractivity (Wildman–Crippen MR) is 97.9 cm³/mol. The van der Waals surface area contributed by atoms with Gasteiger partial charge in [-0.2, -0.15) is 0 Å². The highest BCUT2D eigenvalue weighted by Crippen LogP contribution is 2.28. The van der Waals surface area contributed by atoms with Gasteiger partial charge in [-0.1, -0.05) is 12.1 Å². The highest BCUT2D eigenvalue weighted by atomic mass is 32.2. The van der Waals surface area contributed by atoms with Gasteiger partial charge >= 0.3 is 0 Å². The molecule has 1 aromatic heterocycles. The number of carbonyl (C=O) groups excluding carboxylic acids is 1. The number of hydrogen-bond donors (Lipinski definition) is 3. The highest BCUT2D eigenvalue weighted by molar-refractivity contribution is 8.00. The quantitative estimate of drug-likeness (QED) is 0.750. The third-order valence-corrected chi connectivity index (χ3v) is 5.88. The van der Waals surface area contributed by atoms with E-state index in [4.69, 9.17) is 5.11 Å². The van der Waals surface area contributed by atoms with Crippen LogP contribution in [0.25, 0.3) is 11.0 Å². The van der Waals surface area contributed by atoms with E-state index in [-0.39, 0.29) is 23.8 Å². The molecule has 1 saturated carbocycles. The fourth-order valence-electron chi connectivity index (χ4n) is 3.20. The van der Waals surface area contributed by atoms with Crippen LogP contribution in [0.1, 0.15) is 43.7 Å². The van der Waals surface area contributed by atoms with Gasteiger partial charge in [-0.15, -0.1) is 11.8 Å². The summed E-state index contributed by atoms with van der Waals surface area (Å²) in [5.41, 5.74) is 2.00. The third-order valence-electron chi connectivity index (χ3n) is 4.73. The summed E-state index contributed by atoms with van der Waals surface area (Å²) in [5.74, 6) is 1.87. The number of carbonyl (C=O) groups is 1. The Hall–Kier alpha value is -1.53. The van der Waals surface area contributed by atoms with E-state index in [1.807, 2.05) is 24.3 Å². The molecule has 0 aliphatic heterocycles. The lowest BCUT2D eigenvalue weighted by atomic mass is 9.86. The number of nitrogens with zero attached hydrogens (tertiary/aromatic N) is 1. The number of fused-ring (bicyclic) bond motifs is 1. The average Bonchev–Trinajstić information content (AvgIpc) is 3.04. The lowest BCUT2D eigenvalue weighted by Crippen LogP contribution is -2.39. The van der Waals surface area contributed by atoms with E-state index in [9.17, 15) is 4.79 Å². The van der Waals surface area contributed by atoms with E-state index >= 15 is 0 Å². The largest absolute Gasteiger partial charge is 0.396 e. The van der Waals surface area contributed by atoms with Crippen LogP contribution in [0.15, 0.2) is 24.3 Å². The smallest absolute Gasteiger partial charge is 0.230 e. The van der Waals surface area contributed by atoms with Crippen molar-refractivity contribution in [3.63, 3.8) is 0 Å². The number of amides is 1. The van der Waals surface area contributed by atoms with E-state index in [2.05, 4.69) is 22.2 Å². The van der Waals surface area contributed by atoms with Gasteiger partial charge < -0.3 is 15.4 Å². The molecule has 6 heteroatoms. The van der Waals surface area contributed by atoms with Gasteiger partial charge in [-0.3, -0.25) is 4.79 Å². The molecule has 1 heterocycles. The molecule has 1 aliphatic rings. The number of benzene rings is 1. The number of aliphatic hydroxyl groups is 1. The first kappa shape index (κ1) is 17.3. The van der Waals surface area contributed by atoms with Crippen molar-refractivity contribution in [3.05, 3.63) is 30.1 Å². The van der Waals surface area contributed by atoms with Crippen LogP contribution >= 0.6 is 11.8 Å². The Labute approximate surface area is 146 Å². The molecule has 1 fully saturated rings. The van der Waals surface area contributed by atoms with Gasteiger partial charge in [0.25, 0.3) is 0 Å². The first-order chi connectivity index (χ1) is 11.7. The number of aromatic nitrogens is 2. The minimum Gasteiger partial charge on any atom is -0.396 e. The molecule has 3 N–H and O–H groups in total. The second kappa shape index (κ2) is 8.03. The zero-order valence-electron chi connectivity index (χ0n) is 14.0. The Morgan fingerprint density at radius 2 is 2.12 bits per heavy atom. The molecule has 1 unspecified atom stereocenters. The molecule has 5 nitrogen and oxygen atoms in total. The second-order valence-electron chi connectivity index (χ2n) is 6.56. The third kappa shape index (κ3) is 4.30. The van der Waals surface area contributed by atoms with Gasteiger partial charge in [0.2, 0.25) is 5.91 Å². The van der Waals surface area contributed by atoms with Gasteiger partial charge in [0.15, 0.2) is 0 Å². The Kier molecular flexibility index (Phi) is 5.79. The molecule has 1 aliphatic carbocycles. The van der Waals surface area contributed by atoms with E-state index in [1.54, 1.807) is 11.8 Å². The summed E-state index contributed by atoms with van der Waals surface area (Å²) in [5, 5.41) is 12.4. The number of H-pyrrole nitrogens is 1. The Morgan fingerprint density at radius 3 is 2.83 bits per heavy atom. The zero-order chi connectivity index (χ0) is 16.9. The lowest BCUT2D eigenvalue weighted by Gasteiger charge is -2.28. The van der Waals surface area contributed by atoms with Crippen LogP contribution < -0.4 is 5.32 Å². The number of rotatable bonds is 6. The van der Waals surface area contributed by atoms with Gasteiger partial charge in [0.1, 0.15) is 5.82 Å². The molecule has 24 heavy (non-hydrogen) atoms. The second-order valence-corrected chi connectivity index (χ2v) is 7.89. The molecule has 1 atom stereocenters. The molecule has 3 rings (SSSR count). The Balaban J connectivity index is 1.45. The minimum atomic E-state index is 0.0930. The van der Waals surface area contributed by atoms with Crippen LogP contribution in [-0.4, -0.2) is 39.4 Å². The van der Waals surface area contributed by atoms with Crippen LogP contribution in [0.2, 0.25) is 0 Å². The summed E-state index contributed by atoms with van der Waals surface area (Å²) >= 11 is 1.60. The van der Waals surface area contributed by atoms with Crippen molar-refractivity contribution in [1.82, 2.24) is 15.3 Å². The zero-order valence-corrected chi connectivity index (χ0v) is 14.8. The average molecular weight is 347 g/mol. The van der Waals surface area contributed by atoms with Gasteiger partial charge in [0.05, 0.1) is 22.0 Å². The molecular weight excluding hydrogens is 322 g/mol. The van der Waals surface area contributed by atoms with Crippen LogP contribution in [0.3, 0.4) is 0 Å². The Bertz CT molecular complexity index is 647. The summed E-state index contributed by atoms with van der Waals surface area (Å²) in [6, 6.07) is 8.23. The first-order valence-electron chi connectivity index (χ1n) is 8.62. The van der Waals surface area contributed by atoms with Crippen molar-refractivity contribution in [3.8, 4) is 0 Å². The molecule has 0 saturated heterocycles. The molecule has 130 valence electrons. The number of para-hydroxylation sites is 2.